The second kappa shape index (κ2) is 9.19. The molecule has 24 heavy (non-hydrogen) atoms. The van der Waals surface area contributed by atoms with Gasteiger partial charge in [-0.3, -0.25) is 9.69 Å². The largest absolute Gasteiger partial charge is 0.371 e. The highest BCUT2D eigenvalue weighted by atomic mass is 16.5. The van der Waals surface area contributed by atoms with E-state index in [1.807, 2.05) is 6.07 Å². The third-order valence-electron chi connectivity index (χ3n) is 5.25. The molecule has 0 unspecified atom stereocenters. The van der Waals surface area contributed by atoms with Gasteiger partial charge in [-0.05, 0) is 24.8 Å². The third kappa shape index (κ3) is 5.05. The maximum absolute atomic E-state index is 12.1. The van der Waals surface area contributed by atoms with E-state index in [9.17, 15) is 4.79 Å². The predicted molar refractivity (Wildman–Crippen MR) is 95.8 cm³/mol. The first-order valence-corrected chi connectivity index (χ1v) is 9.49. The van der Waals surface area contributed by atoms with Gasteiger partial charge in [0, 0.05) is 32.1 Å². The van der Waals surface area contributed by atoms with Gasteiger partial charge < -0.3 is 10.1 Å². The highest BCUT2D eigenvalue weighted by Gasteiger charge is 2.22. The molecule has 1 saturated heterocycles. The van der Waals surface area contributed by atoms with Crippen molar-refractivity contribution >= 4 is 5.91 Å². The zero-order chi connectivity index (χ0) is 16.6. The molecular weight excluding hydrogens is 300 g/mol. The van der Waals surface area contributed by atoms with Crippen LogP contribution in [0, 0.1) is 5.92 Å². The molecule has 1 aromatic rings. The van der Waals surface area contributed by atoms with E-state index in [0.717, 1.165) is 52.0 Å². The number of ether oxygens (including phenoxy) is 1. The van der Waals surface area contributed by atoms with E-state index in [-0.39, 0.29) is 17.9 Å². The molecule has 1 aliphatic carbocycles. The summed E-state index contributed by atoms with van der Waals surface area (Å²) in [6.45, 7) is 4.54. The third-order valence-corrected chi connectivity index (χ3v) is 5.25. The summed E-state index contributed by atoms with van der Waals surface area (Å²) in [5, 5.41) is 3.14. The van der Waals surface area contributed by atoms with E-state index in [1.54, 1.807) is 0 Å². The van der Waals surface area contributed by atoms with Crippen LogP contribution in [0.3, 0.4) is 0 Å². The lowest BCUT2D eigenvalue weighted by Crippen LogP contribution is -2.40. The van der Waals surface area contributed by atoms with Crippen molar-refractivity contribution in [2.24, 2.45) is 5.92 Å². The molecule has 4 heteroatoms. The summed E-state index contributed by atoms with van der Waals surface area (Å²) < 4.78 is 5.91. The Hall–Kier alpha value is -1.39. The van der Waals surface area contributed by atoms with Crippen LogP contribution in [0.15, 0.2) is 30.3 Å². The van der Waals surface area contributed by atoms with Crippen molar-refractivity contribution in [3.05, 3.63) is 35.9 Å². The summed E-state index contributed by atoms with van der Waals surface area (Å²) >= 11 is 0. The number of nitrogens with one attached hydrogen (secondary N) is 1. The van der Waals surface area contributed by atoms with Crippen molar-refractivity contribution < 1.29 is 9.53 Å². The molecule has 1 N–H and O–H groups in total. The Balaban J connectivity index is 1.35. The second-order valence-corrected chi connectivity index (χ2v) is 7.05. The molecule has 1 aromatic carbocycles. The molecule has 1 saturated carbocycles. The summed E-state index contributed by atoms with van der Waals surface area (Å²) in [5.74, 6) is 0.545. The van der Waals surface area contributed by atoms with Gasteiger partial charge in [-0.15, -0.1) is 0 Å². The molecule has 132 valence electrons. The molecule has 0 radical (unpaired) electrons. The summed E-state index contributed by atoms with van der Waals surface area (Å²) in [5.41, 5.74) is 1.26. The van der Waals surface area contributed by atoms with Gasteiger partial charge in [0.1, 0.15) is 0 Å². The van der Waals surface area contributed by atoms with Gasteiger partial charge in [-0.25, -0.2) is 0 Å². The first-order chi connectivity index (χ1) is 11.8. The number of amides is 1. The number of hydrogen-bond donors (Lipinski definition) is 1. The molecule has 0 bridgehead atoms. The van der Waals surface area contributed by atoms with Crippen LogP contribution in [-0.4, -0.2) is 43.6 Å². The molecule has 1 atom stereocenters. The minimum absolute atomic E-state index is 0.178. The quantitative estimate of drug-likeness (QED) is 0.815. The maximum atomic E-state index is 12.1. The van der Waals surface area contributed by atoms with Crippen LogP contribution in [0.2, 0.25) is 0 Å². The SMILES string of the molecule is O=C(NCCCN1CCO[C@H](c2ccccc2)C1)C1CCCCC1. The molecule has 1 heterocycles. The summed E-state index contributed by atoms with van der Waals surface area (Å²) in [6, 6.07) is 10.5. The number of carbonyl (C=O) groups is 1. The van der Waals surface area contributed by atoms with Crippen LogP contribution in [0.5, 0.6) is 0 Å². The van der Waals surface area contributed by atoms with Crippen LogP contribution >= 0.6 is 0 Å². The molecule has 2 fully saturated rings. The Bertz CT molecular complexity index is 500. The van der Waals surface area contributed by atoms with E-state index in [2.05, 4.69) is 34.5 Å². The number of hydrogen-bond acceptors (Lipinski definition) is 3. The van der Waals surface area contributed by atoms with Gasteiger partial charge in [0.25, 0.3) is 0 Å². The standard InChI is InChI=1S/C20H30N2O2/c23-20(18-10-5-2-6-11-18)21-12-7-13-22-14-15-24-19(16-22)17-8-3-1-4-9-17/h1,3-4,8-9,18-19H,2,5-7,10-16H2,(H,21,23)/t19-/m0/s1. The van der Waals surface area contributed by atoms with E-state index < -0.39 is 0 Å². The Morgan fingerprint density at radius 1 is 1.17 bits per heavy atom. The zero-order valence-electron chi connectivity index (χ0n) is 14.6. The fourth-order valence-electron chi connectivity index (χ4n) is 3.80. The van der Waals surface area contributed by atoms with Gasteiger partial charge in [-0.2, -0.15) is 0 Å². The Morgan fingerprint density at radius 2 is 1.96 bits per heavy atom. The average molecular weight is 330 g/mol. The predicted octanol–water partition coefficient (Wildman–Crippen LogP) is 3.15. The van der Waals surface area contributed by atoms with Gasteiger partial charge in [-0.1, -0.05) is 49.6 Å². The highest BCUT2D eigenvalue weighted by molar-refractivity contribution is 5.78. The van der Waals surface area contributed by atoms with E-state index in [1.165, 1.54) is 24.8 Å². The van der Waals surface area contributed by atoms with Crippen molar-refractivity contribution in [2.45, 2.75) is 44.6 Å². The van der Waals surface area contributed by atoms with Crippen molar-refractivity contribution in [1.82, 2.24) is 10.2 Å². The molecule has 0 spiro atoms. The average Bonchev–Trinajstić information content (AvgIpc) is 2.67. The number of carbonyl (C=O) groups excluding carboxylic acids is 1. The highest BCUT2D eigenvalue weighted by Crippen LogP contribution is 2.24. The lowest BCUT2D eigenvalue weighted by molar-refractivity contribution is -0.125. The Morgan fingerprint density at radius 3 is 2.75 bits per heavy atom. The number of morpholine rings is 1. The Labute approximate surface area is 145 Å². The molecule has 0 aromatic heterocycles. The molecule has 1 aliphatic heterocycles. The molecular formula is C20H30N2O2. The monoisotopic (exact) mass is 330 g/mol. The maximum Gasteiger partial charge on any atom is 0.223 e. The molecule has 2 aliphatic rings. The lowest BCUT2D eigenvalue weighted by atomic mass is 9.89. The minimum Gasteiger partial charge on any atom is -0.371 e. The second-order valence-electron chi connectivity index (χ2n) is 7.05. The van der Waals surface area contributed by atoms with Gasteiger partial charge in [0.2, 0.25) is 5.91 Å². The van der Waals surface area contributed by atoms with E-state index >= 15 is 0 Å². The fraction of sp³-hybridized carbons (Fsp3) is 0.650. The topological polar surface area (TPSA) is 41.6 Å². The molecule has 3 rings (SSSR count). The Kier molecular flexibility index (Phi) is 6.67. The molecule has 1 amide bonds. The van der Waals surface area contributed by atoms with Crippen molar-refractivity contribution in [2.75, 3.05) is 32.8 Å². The van der Waals surface area contributed by atoms with Crippen LogP contribution in [0.1, 0.15) is 50.2 Å². The zero-order valence-corrected chi connectivity index (χ0v) is 14.6. The number of rotatable bonds is 6. The summed E-state index contributed by atoms with van der Waals surface area (Å²) in [7, 11) is 0. The van der Waals surface area contributed by atoms with Crippen molar-refractivity contribution in [3.8, 4) is 0 Å². The first-order valence-electron chi connectivity index (χ1n) is 9.49. The lowest BCUT2D eigenvalue weighted by Gasteiger charge is -2.33. The van der Waals surface area contributed by atoms with Crippen molar-refractivity contribution in [1.29, 1.82) is 0 Å². The summed E-state index contributed by atoms with van der Waals surface area (Å²) in [4.78, 5) is 14.6. The molecule has 4 nitrogen and oxygen atoms in total. The minimum atomic E-state index is 0.178. The first kappa shape index (κ1) is 17.4. The smallest absolute Gasteiger partial charge is 0.223 e. The number of benzene rings is 1. The van der Waals surface area contributed by atoms with E-state index in [4.69, 9.17) is 4.74 Å². The van der Waals surface area contributed by atoms with Crippen LogP contribution < -0.4 is 5.32 Å². The van der Waals surface area contributed by atoms with Crippen LogP contribution in [0.4, 0.5) is 0 Å². The van der Waals surface area contributed by atoms with Crippen molar-refractivity contribution in [3.63, 3.8) is 0 Å². The summed E-state index contributed by atoms with van der Waals surface area (Å²) in [6.07, 6.45) is 7.07. The van der Waals surface area contributed by atoms with Gasteiger partial charge in [0.05, 0.1) is 12.7 Å². The van der Waals surface area contributed by atoms with Gasteiger partial charge >= 0.3 is 0 Å². The van der Waals surface area contributed by atoms with E-state index in [0.29, 0.717) is 0 Å². The fourth-order valence-corrected chi connectivity index (χ4v) is 3.80. The van der Waals surface area contributed by atoms with Crippen LogP contribution in [-0.2, 0) is 9.53 Å². The normalized spacial score (nSPS) is 23.1. The van der Waals surface area contributed by atoms with Crippen LogP contribution in [0.25, 0.3) is 0 Å². The van der Waals surface area contributed by atoms with Gasteiger partial charge in [0.15, 0.2) is 0 Å². The number of nitrogens with zero attached hydrogens (tertiary/aromatic N) is 1.